The maximum Gasteiger partial charge on any atom is 0.304 e. The third-order valence-corrected chi connectivity index (χ3v) is 3.46. The molecule has 0 unspecified atom stereocenters. The van der Waals surface area contributed by atoms with Gasteiger partial charge in [-0.05, 0) is 23.6 Å². The van der Waals surface area contributed by atoms with Gasteiger partial charge in [-0.15, -0.1) is 0 Å². The topological polar surface area (TPSA) is 35.5 Å². The zero-order valence-corrected chi connectivity index (χ0v) is 10.5. The molecule has 2 rings (SSSR count). The summed E-state index contributed by atoms with van der Waals surface area (Å²) < 4.78 is 34.3. The van der Waals surface area contributed by atoms with Crippen molar-refractivity contribution in [2.45, 2.75) is 25.7 Å². The lowest BCUT2D eigenvalue weighted by molar-refractivity contribution is 0.160. The van der Waals surface area contributed by atoms with Crippen molar-refractivity contribution in [1.29, 1.82) is 0 Å². The molecular weight excluding hydrogens is 243 g/mol. The van der Waals surface area contributed by atoms with Crippen LogP contribution in [0.15, 0.2) is 18.2 Å². The van der Waals surface area contributed by atoms with Gasteiger partial charge in [-0.25, -0.2) is 4.39 Å². The van der Waals surface area contributed by atoms with E-state index < -0.39 is 11.4 Å². The smallest absolute Gasteiger partial charge is 0.268 e. The molecule has 0 aromatic heterocycles. The van der Waals surface area contributed by atoms with Crippen LogP contribution in [0.5, 0.6) is 0 Å². The SMILES string of the molecule is CCCc1ccc(C2COS(=O)OC2)cc1F. The van der Waals surface area contributed by atoms with E-state index in [1.54, 1.807) is 6.07 Å². The molecule has 0 radical (unpaired) electrons. The molecule has 1 aromatic carbocycles. The third-order valence-electron chi connectivity index (χ3n) is 2.80. The van der Waals surface area contributed by atoms with Gasteiger partial charge in [0, 0.05) is 5.92 Å². The number of benzene rings is 1. The van der Waals surface area contributed by atoms with Crippen molar-refractivity contribution < 1.29 is 17.0 Å². The first-order chi connectivity index (χ1) is 8.20. The van der Waals surface area contributed by atoms with Crippen LogP contribution in [0.3, 0.4) is 0 Å². The van der Waals surface area contributed by atoms with Gasteiger partial charge in [-0.2, -0.15) is 4.21 Å². The van der Waals surface area contributed by atoms with Gasteiger partial charge in [0.15, 0.2) is 0 Å². The van der Waals surface area contributed by atoms with Crippen LogP contribution in [0.25, 0.3) is 0 Å². The summed E-state index contributed by atoms with van der Waals surface area (Å²) >= 11 is -1.64. The fourth-order valence-corrected chi connectivity index (χ4v) is 2.46. The highest BCUT2D eigenvalue weighted by molar-refractivity contribution is 7.75. The van der Waals surface area contributed by atoms with Crippen LogP contribution >= 0.6 is 0 Å². The molecule has 0 aliphatic carbocycles. The first-order valence-electron chi connectivity index (χ1n) is 5.67. The highest BCUT2D eigenvalue weighted by Crippen LogP contribution is 2.23. The molecule has 17 heavy (non-hydrogen) atoms. The van der Waals surface area contributed by atoms with Crippen LogP contribution in [0, 0.1) is 5.82 Å². The Balaban J connectivity index is 2.11. The number of rotatable bonds is 3. The fraction of sp³-hybridized carbons (Fsp3) is 0.500. The van der Waals surface area contributed by atoms with E-state index in [9.17, 15) is 8.60 Å². The quantitative estimate of drug-likeness (QED) is 0.835. The van der Waals surface area contributed by atoms with E-state index in [1.807, 2.05) is 13.0 Å². The lowest BCUT2D eigenvalue weighted by Crippen LogP contribution is -2.23. The van der Waals surface area contributed by atoms with Gasteiger partial charge in [-0.1, -0.05) is 25.5 Å². The van der Waals surface area contributed by atoms with Crippen molar-refractivity contribution in [2.75, 3.05) is 13.2 Å². The predicted octanol–water partition coefficient (Wildman–Crippen LogP) is 2.49. The van der Waals surface area contributed by atoms with E-state index in [2.05, 4.69) is 0 Å². The number of halogens is 1. The van der Waals surface area contributed by atoms with Gasteiger partial charge in [0.05, 0.1) is 13.2 Å². The minimum Gasteiger partial charge on any atom is -0.268 e. The summed E-state index contributed by atoms with van der Waals surface area (Å²) in [5.41, 5.74) is 1.57. The highest BCUT2D eigenvalue weighted by Gasteiger charge is 2.22. The zero-order valence-electron chi connectivity index (χ0n) is 9.65. The Morgan fingerprint density at radius 3 is 2.71 bits per heavy atom. The summed E-state index contributed by atoms with van der Waals surface area (Å²) in [5, 5.41) is 0. The van der Waals surface area contributed by atoms with Crippen molar-refractivity contribution in [1.82, 2.24) is 0 Å². The largest absolute Gasteiger partial charge is 0.304 e. The van der Waals surface area contributed by atoms with Crippen molar-refractivity contribution >= 4 is 11.4 Å². The van der Waals surface area contributed by atoms with Gasteiger partial charge in [-0.3, -0.25) is 8.37 Å². The van der Waals surface area contributed by atoms with Gasteiger partial charge in [0.2, 0.25) is 0 Å². The zero-order chi connectivity index (χ0) is 12.3. The van der Waals surface area contributed by atoms with E-state index in [-0.39, 0.29) is 11.7 Å². The van der Waals surface area contributed by atoms with Crippen LogP contribution in [0.1, 0.15) is 30.4 Å². The second-order valence-corrected chi connectivity index (χ2v) is 4.95. The van der Waals surface area contributed by atoms with E-state index in [4.69, 9.17) is 8.37 Å². The lowest BCUT2D eigenvalue weighted by atomic mass is 9.98. The van der Waals surface area contributed by atoms with E-state index in [1.165, 1.54) is 6.07 Å². The average Bonchev–Trinajstić information content (AvgIpc) is 2.33. The molecule has 1 aliphatic heterocycles. The molecule has 1 aromatic rings. The summed E-state index contributed by atoms with van der Waals surface area (Å²) in [5.74, 6) is -0.228. The minimum atomic E-state index is -1.64. The molecule has 1 aliphatic rings. The molecule has 0 N–H and O–H groups in total. The predicted molar refractivity (Wildman–Crippen MR) is 63.2 cm³/mol. The number of hydrogen-bond donors (Lipinski definition) is 0. The standard InChI is InChI=1S/C12H15FO3S/c1-2-3-9-4-5-10(6-12(9)13)11-7-15-17(14)16-8-11/h4-6,11H,2-3,7-8H2,1H3. The molecule has 0 atom stereocenters. The lowest BCUT2D eigenvalue weighted by Gasteiger charge is -2.21. The van der Waals surface area contributed by atoms with E-state index >= 15 is 0 Å². The van der Waals surface area contributed by atoms with Gasteiger partial charge >= 0.3 is 11.4 Å². The highest BCUT2D eigenvalue weighted by atomic mass is 32.2. The molecule has 1 heterocycles. The second-order valence-electron chi connectivity index (χ2n) is 4.07. The molecule has 0 spiro atoms. The first-order valence-corrected chi connectivity index (χ1v) is 6.67. The van der Waals surface area contributed by atoms with E-state index in [0.29, 0.717) is 13.2 Å². The maximum atomic E-state index is 13.7. The van der Waals surface area contributed by atoms with Gasteiger partial charge < -0.3 is 0 Å². The van der Waals surface area contributed by atoms with Crippen LogP contribution in [-0.4, -0.2) is 17.4 Å². The molecular formula is C12H15FO3S. The summed E-state index contributed by atoms with van der Waals surface area (Å²) in [7, 11) is 0. The molecule has 1 saturated heterocycles. The van der Waals surface area contributed by atoms with Crippen molar-refractivity contribution in [3.63, 3.8) is 0 Å². The van der Waals surface area contributed by atoms with Gasteiger partial charge in [0.1, 0.15) is 5.82 Å². The molecule has 94 valence electrons. The molecule has 0 amide bonds. The van der Waals surface area contributed by atoms with Crippen LogP contribution in [0.4, 0.5) is 4.39 Å². The van der Waals surface area contributed by atoms with E-state index in [0.717, 1.165) is 24.0 Å². The fourth-order valence-electron chi connectivity index (χ4n) is 1.84. The van der Waals surface area contributed by atoms with Gasteiger partial charge in [0.25, 0.3) is 0 Å². The number of aryl methyl sites for hydroxylation is 1. The third kappa shape index (κ3) is 3.12. The molecule has 5 heteroatoms. The Kier molecular flexibility index (Phi) is 4.25. The summed E-state index contributed by atoms with van der Waals surface area (Å²) in [6.07, 6.45) is 1.67. The Labute approximate surface area is 103 Å². The first kappa shape index (κ1) is 12.7. The average molecular weight is 258 g/mol. The van der Waals surface area contributed by atoms with Crippen molar-refractivity contribution in [3.05, 3.63) is 35.1 Å². The van der Waals surface area contributed by atoms with Crippen LogP contribution in [0.2, 0.25) is 0 Å². The monoisotopic (exact) mass is 258 g/mol. The Bertz CT molecular complexity index is 412. The summed E-state index contributed by atoms with van der Waals surface area (Å²) in [4.78, 5) is 0. The molecule has 3 nitrogen and oxygen atoms in total. The normalized spacial score (nSPS) is 24.8. The molecule has 0 bridgehead atoms. The number of hydrogen-bond acceptors (Lipinski definition) is 3. The summed E-state index contributed by atoms with van der Waals surface area (Å²) in [6, 6.07) is 5.22. The Morgan fingerprint density at radius 1 is 1.41 bits per heavy atom. The molecule has 1 fully saturated rings. The van der Waals surface area contributed by atoms with Crippen LogP contribution < -0.4 is 0 Å². The van der Waals surface area contributed by atoms with Crippen molar-refractivity contribution in [2.24, 2.45) is 0 Å². The maximum absolute atomic E-state index is 13.7. The second kappa shape index (κ2) is 5.71. The molecule has 0 saturated carbocycles. The Hall–Kier alpha value is -0.780. The Morgan fingerprint density at radius 2 is 2.12 bits per heavy atom. The van der Waals surface area contributed by atoms with Crippen molar-refractivity contribution in [3.8, 4) is 0 Å². The summed E-state index contributed by atoms with van der Waals surface area (Å²) in [6.45, 7) is 2.63. The van der Waals surface area contributed by atoms with Crippen LogP contribution in [-0.2, 0) is 26.1 Å². The minimum absolute atomic E-state index is 0.0436.